The average Bonchev–Trinajstić information content (AvgIpc) is 2.34. The summed E-state index contributed by atoms with van der Waals surface area (Å²) in [7, 11) is 0. The summed E-state index contributed by atoms with van der Waals surface area (Å²) in [6.45, 7) is 6.03. The number of carbonyl (C=O) groups is 1. The Labute approximate surface area is 123 Å². The van der Waals surface area contributed by atoms with Crippen molar-refractivity contribution in [3.8, 4) is 0 Å². The van der Waals surface area contributed by atoms with E-state index in [2.05, 4.69) is 47.1 Å². The van der Waals surface area contributed by atoms with E-state index in [4.69, 9.17) is 0 Å². The van der Waals surface area contributed by atoms with E-state index in [0.29, 0.717) is 6.04 Å². The maximum atomic E-state index is 11.8. The molecular weight excluding hydrogens is 339 g/mol. The first-order chi connectivity index (χ1) is 8.59. The second-order valence-electron chi connectivity index (χ2n) is 4.58. The van der Waals surface area contributed by atoms with Crippen molar-refractivity contribution >= 4 is 28.5 Å². The Morgan fingerprint density at radius 3 is 2.39 bits per heavy atom. The highest BCUT2D eigenvalue weighted by Crippen LogP contribution is 2.06. The van der Waals surface area contributed by atoms with E-state index in [9.17, 15) is 4.79 Å². The van der Waals surface area contributed by atoms with E-state index in [0.717, 1.165) is 35.1 Å². The Morgan fingerprint density at radius 1 is 1.17 bits per heavy atom. The lowest BCUT2D eigenvalue weighted by Gasteiger charge is -2.08. The van der Waals surface area contributed by atoms with Gasteiger partial charge in [-0.3, -0.25) is 4.79 Å². The molecule has 1 aromatic carbocycles. The number of amides is 1. The fraction of sp³-hybridized carbons (Fsp3) is 0.500. The maximum absolute atomic E-state index is 11.8. The van der Waals surface area contributed by atoms with Crippen LogP contribution in [-0.2, 0) is 0 Å². The fourth-order valence-electron chi connectivity index (χ4n) is 1.55. The SMILES string of the molecule is CC(C)NCCCCNC(=O)c1ccc(I)cc1. The number of halogens is 1. The summed E-state index contributed by atoms with van der Waals surface area (Å²) < 4.78 is 1.14. The number of rotatable bonds is 7. The third kappa shape index (κ3) is 6.35. The van der Waals surface area contributed by atoms with Crippen LogP contribution >= 0.6 is 22.6 Å². The number of hydrogen-bond donors (Lipinski definition) is 2. The van der Waals surface area contributed by atoms with Crippen LogP contribution in [0, 0.1) is 3.57 Å². The van der Waals surface area contributed by atoms with Gasteiger partial charge < -0.3 is 10.6 Å². The molecule has 1 amide bonds. The predicted octanol–water partition coefficient (Wildman–Crippen LogP) is 2.80. The van der Waals surface area contributed by atoms with Gasteiger partial charge in [0.25, 0.3) is 5.91 Å². The summed E-state index contributed by atoms with van der Waals surface area (Å²) >= 11 is 2.23. The maximum Gasteiger partial charge on any atom is 0.251 e. The molecule has 1 aromatic rings. The Hall–Kier alpha value is -0.620. The molecule has 18 heavy (non-hydrogen) atoms. The molecule has 4 heteroatoms. The Kier molecular flexibility index (Phi) is 7.27. The van der Waals surface area contributed by atoms with Crippen LogP contribution in [0.2, 0.25) is 0 Å². The van der Waals surface area contributed by atoms with Crippen LogP contribution in [0.3, 0.4) is 0 Å². The van der Waals surface area contributed by atoms with Gasteiger partial charge in [-0.25, -0.2) is 0 Å². The molecule has 3 nitrogen and oxygen atoms in total. The highest BCUT2D eigenvalue weighted by molar-refractivity contribution is 14.1. The highest BCUT2D eigenvalue weighted by Gasteiger charge is 2.03. The lowest BCUT2D eigenvalue weighted by Crippen LogP contribution is -2.27. The normalized spacial score (nSPS) is 10.7. The van der Waals surface area contributed by atoms with Crippen molar-refractivity contribution in [2.24, 2.45) is 0 Å². The van der Waals surface area contributed by atoms with Crippen LogP contribution in [0.25, 0.3) is 0 Å². The Morgan fingerprint density at radius 2 is 1.78 bits per heavy atom. The molecule has 0 atom stereocenters. The third-order valence-corrected chi connectivity index (χ3v) is 3.27. The minimum absolute atomic E-state index is 0.0169. The zero-order valence-electron chi connectivity index (χ0n) is 11.0. The first-order valence-electron chi connectivity index (χ1n) is 6.36. The predicted molar refractivity (Wildman–Crippen MR) is 83.9 cm³/mol. The first-order valence-corrected chi connectivity index (χ1v) is 7.44. The van der Waals surface area contributed by atoms with Crippen LogP contribution in [-0.4, -0.2) is 25.0 Å². The fourth-order valence-corrected chi connectivity index (χ4v) is 1.91. The van der Waals surface area contributed by atoms with Gasteiger partial charge in [-0.05, 0) is 66.2 Å². The van der Waals surface area contributed by atoms with Gasteiger partial charge in [0.05, 0.1) is 0 Å². The summed E-state index contributed by atoms with van der Waals surface area (Å²) in [6, 6.07) is 8.14. The quantitative estimate of drug-likeness (QED) is 0.580. The summed E-state index contributed by atoms with van der Waals surface area (Å²) in [5, 5.41) is 6.30. The molecule has 1 rings (SSSR count). The molecule has 0 bridgehead atoms. The zero-order valence-corrected chi connectivity index (χ0v) is 13.2. The van der Waals surface area contributed by atoms with Gasteiger partial charge in [-0.2, -0.15) is 0 Å². The monoisotopic (exact) mass is 360 g/mol. The molecule has 0 saturated carbocycles. The Bertz CT molecular complexity index is 363. The number of nitrogens with one attached hydrogen (secondary N) is 2. The van der Waals surface area contributed by atoms with Gasteiger partial charge in [-0.1, -0.05) is 13.8 Å². The molecule has 0 saturated heterocycles. The molecule has 0 aliphatic heterocycles. The van der Waals surface area contributed by atoms with Gasteiger partial charge in [0.1, 0.15) is 0 Å². The van der Waals surface area contributed by atoms with Crippen molar-refractivity contribution in [1.29, 1.82) is 0 Å². The minimum Gasteiger partial charge on any atom is -0.352 e. The van der Waals surface area contributed by atoms with Gasteiger partial charge in [0.2, 0.25) is 0 Å². The second-order valence-corrected chi connectivity index (χ2v) is 5.82. The van der Waals surface area contributed by atoms with Gasteiger partial charge in [-0.15, -0.1) is 0 Å². The van der Waals surface area contributed by atoms with Gasteiger partial charge >= 0.3 is 0 Å². The zero-order chi connectivity index (χ0) is 13.4. The van der Waals surface area contributed by atoms with E-state index in [1.165, 1.54) is 0 Å². The molecule has 0 aromatic heterocycles. The van der Waals surface area contributed by atoms with E-state index in [1.54, 1.807) is 0 Å². The van der Waals surface area contributed by atoms with Crippen molar-refractivity contribution < 1.29 is 4.79 Å². The van der Waals surface area contributed by atoms with Crippen LogP contribution in [0.5, 0.6) is 0 Å². The molecule has 0 radical (unpaired) electrons. The van der Waals surface area contributed by atoms with E-state index < -0.39 is 0 Å². The third-order valence-electron chi connectivity index (χ3n) is 2.55. The molecular formula is C14H21IN2O. The van der Waals surface area contributed by atoms with Crippen molar-refractivity contribution in [3.05, 3.63) is 33.4 Å². The lowest BCUT2D eigenvalue weighted by atomic mass is 10.2. The van der Waals surface area contributed by atoms with Gasteiger partial charge in [0, 0.05) is 21.7 Å². The molecule has 0 spiro atoms. The molecule has 2 N–H and O–H groups in total. The number of carbonyl (C=O) groups excluding carboxylic acids is 1. The van der Waals surface area contributed by atoms with E-state index in [-0.39, 0.29) is 5.91 Å². The molecule has 100 valence electrons. The van der Waals surface area contributed by atoms with Crippen molar-refractivity contribution in [3.63, 3.8) is 0 Å². The second kappa shape index (κ2) is 8.48. The summed E-state index contributed by atoms with van der Waals surface area (Å²) in [6.07, 6.45) is 2.10. The molecule has 0 fully saturated rings. The summed E-state index contributed by atoms with van der Waals surface area (Å²) in [4.78, 5) is 11.8. The smallest absolute Gasteiger partial charge is 0.251 e. The molecule has 0 unspecified atom stereocenters. The van der Waals surface area contributed by atoms with E-state index >= 15 is 0 Å². The minimum atomic E-state index is 0.0169. The van der Waals surface area contributed by atoms with Crippen molar-refractivity contribution in [1.82, 2.24) is 10.6 Å². The van der Waals surface area contributed by atoms with Crippen LogP contribution in [0.1, 0.15) is 37.0 Å². The summed E-state index contributed by atoms with van der Waals surface area (Å²) in [5.74, 6) is 0.0169. The molecule has 0 aliphatic rings. The topological polar surface area (TPSA) is 41.1 Å². The molecule has 0 aliphatic carbocycles. The molecule has 0 heterocycles. The lowest BCUT2D eigenvalue weighted by molar-refractivity contribution is 0.0953. The standard InChI is InChI=1S/C14H21IN2O/c1-11(2)16-9-3-4-10-17-14(18)12-5-7-13(15)8-6-12/h5-8,11,16H,3-4,9-10H2,1-2H3,(H,17,18). The van der Waals surface area contributed by atoms with E-state index in [1.807, 2.05) is 24.3 Å². The average molecular weight is 360 g/mol. The number of unbranched alkanes of at least 4 members (excludes halogenated alkanes) is 1. The van der Waals surface area contributed by atoms with Crippen LogP contribution in [0.15, 0.2) is 24.3 Å². The van der Waals surface area contributed by atoms with Crippen LogP contribution < -0.4 is 10.6 Å². The highest BCUT2D eigenvalue weighted by atomic mass is 127. The van der Waals surface area contributed by atoms with Gasteiger partial charge in [0.15, 0.2) is 0 Å². The Balaban J connectivity index is 2.16. The number of benzene rings is 1. The number of hydrogen-bond acceptors (Lipinski definition) is 2. The van der Waals surface area contributed by atoms with Crippen molar-refractivity contribution in [2.75, 3.05) is 13.1 Å². The first kappa shape index (κ1) is 15.4. The van der Waals surface area contributed by atoms with Crippen molar-refractivity contribution in [2.45, 2.75) is 32.7 Å². The summed E-state index contributed by atoms with van der Waals surface area (Å²) in [5.41, 5.74) is 0.732. The van der Waals surface area contributed by atoms with Crippen LogP contribution in [0.4, 0.5) is 0 Å². The largest absolute Gasteiger partial charge is 0.352 e.